The summed E-state index contributed by atoms with van der Waals surface area (Å²) in [7, 11) is 0. The summed E-state index contributed by atoms with van der Waals surface area (Å²) in [5, 5.41) is 3.56. The van der Waals surface area contributed by atoms with Gasteiger partial charge in [0.1, 0.15) is 24.0 Å². The second kappa shape index (κ2) is 9.50. The molecule has 35 heavy (non-hydrogen) atoms. The molecule has 8 heteroatoms. The number of rotatable bonds is 6. The summed E-state index contributed by atoms with van der Waals surface area (Å²) in [4.78, 5) is 34.1. The lowest BCUT2D eigenvalue weighted by Crippen LogP contribution is -2.74. The summed E-state index contributed by atoms with van der Waals surface area (Å²) in [6.45, 7) is 17.0. The summed E-state index contributed by atoms with van der Waals surface area (Å²) < 4.78 is 6.30. The van der Waals surface area contributed by atoms with Crippen LogP contribution in [0.1, 0.15) is 50.9 Å². The van der Waals surface area contributed by atoms with Gasteiger partial charge in [0.25, 0.3) is 5.91 Å². The number of pyridine rings is 1. The average Bonchev–Trinajstić information content (AvgIpc) is 2.85. The van der Waals surface area contributed by atoms with Crippen molar-refractivity contribution in [2.24, 2.45) is 16.7 Å². The predicted molar refractivity (Wildman–Crippen MR) is 136 cm³/mol. The number of carbonyl (C=O) groups excluding carboxylic acids is 2. The van der Waals surface area contributed by atoms with Crippen molar-refractivity contribution in [2.75, 3.05) is 18.0 Å². The van der Waals surface area contributed by atoms with Gasteiger partial charge in [-0.05, 0) is 37.1 Å². The quantitative estimate of drug-likeness (QED) is 0.435. The van der Waals surface area contributed by atoms with Crippen LogP contribution in [0.3, 0.4) is 0 Å². The van der Waals surface area contributed by atoms with E-state index in [1.807, 2.05) is 6.07 Å². The monoisotopic (exact) mass is 494 g/mol. The molecule has 1 saturated heterocycles. The number of aromatic nitrogens is 1. The van der Waals surface area contributed by atoms with Gasteiger partial charge in [0, 0.05) is 42.1 Å². The minimum Gasteiger partial charge on any atom is -0.489 e. The maximum absolute atomic E-state index is 13.1. The normalized spacial score (nSPS) is 23.0. The molecule has 0 unspecified atom stereocenters. The number of nitrogens with zero attached hydrogens (tertiary/aromatic N) is 3. The van der Waals surface area contributed by atoms with Crippen molar-refractivity contribution < 1.29 is 14.3 Å². The van der Waals surface area contributed by atoms with Crippen molar-refractivity contribution in [3.05, 3.63) is 58.5 Å². The van der Waals surface area contributed by atoms with Gasteiger partial charge >= 0.3 is 0 Å². The highest BCUT2D eigenvalue weighted by Gasteiger charge is 2.64. The minimum absolute atomic E-state index is 0.118. The number of amides is 1. The van der Waals surface area contributed by atoms with E-state index in [0.29, 0.717) is 22.0 Å². The van der Waals surface area contributed by atoms with Crippen molar-refractivity contribution in [1.82, 2.24) is 10.3 Å². The first-order valence-corrected chi connectivity index (χ1v) is 12.3. The third-order valence-electron chi connectivity index (χ3n) is 7.47. The van der Waals surface area contributed by atoms with Gasteiger partial charge in [-0.3, -0.25) is 4.79 Å². The fraction of sp³-hybridized carbons (Fsp3) is 0.481. The number of hydrogen-bond acceptors (Lipinski definition) is 5. The molecule has 0 spiro atoms. The van der Waals surface area contributed by atoms with Crippen LogP contribution < -0.4 is 15.0 Å². The fourth-order valence-corrected chi connectivity index (χ4v) is 5.99. The van der Waals surface area contributed by atoms with Crippen LogP contribution in [0.15, 0.2) is 36.5 Å². The number of nitrogens with one attached hydrogen (secondary N) is 1. The van der Waals surface area contributed by atoms with Crippen LogP contribution in [0.25, 0.3) is 4.85 Å². The highest BCUT2D eigenvalue weighted by atomic mass is 35.5. The Kier molecular flexibility index (Phi) is 6.79. The average molecular weight is 495 g/mol. The van der Waals surface area contributed by atoms with E-state index in [2.05, 4.69) is 47.7 Å². The molecule has 2 aromatic rings. The summed E-state index contributed by atoms with van der Waals surface area (Å²) >= 11 is 6.18. The molecular formula is C27H31ClN4O3. The Hall–Kier alpha value is -3.11. The highest BCUT2D eigenvalue weighted by Crippen LogP contribution is 2.55. The van der Waals surface area contributed by atoms with E-state index < -0.39 is 0 Å². The van der Waals surface area contributed by atoms with Gasteiger partial charge in [0.2, 0.25) is 5.69 Å². The second-order valence-electron chi connectivity index (χ2n) is 10.6. The van der Waals surface area contributed by atoms with E-state index >= 15 is 0 Å². The van der Waals surface area contributed by atoms with Crippen molar-refractivity contribution in [3.8, 4) is 5.75 Å². The molecule has 1 aliphatic heterocycles. The van der Waals surface area contributed by atoms with Gasteiger partial charge in [-0.1, -0.05) is 45.4 Å². The summed E-state index contributed by atoms with van der Waals surface area (Å²) in [6.07, 6.45) is 4.16. The molecule has 0 radical (unpaired) electrons. The molecule has 4 rings (SSSR count). The first-order chi connectivity index (χ1) is 16.6. The highest BCUT2D eigenvalue weighted by molar-refractivity contribution is 6.33. The first-order valence-electron chi connectivity index (χ1n) is 11.9. The van der Waals surface area contributed by atoms with Gasteiger partial charge in [-0.2, -0.15) is 0 Å². The molecule has 1 amide bonds. The second-order valence-corrected chi connectivity index (χ2v) is 11.0. The third-order valence-corrected chi connectivity index (χ3v) is 7.78. The van der Waals surface area contributed by atoms with E-state index in [1.54, 1.807) is 30.5 Å². The van der Waals surface area contributed by atoms with E-state index in [9.17, 15) is 9.59 Å². The van der Waals surface area contributed by atoms with Gasteiger partial charge in [-0.15, -0.1) is 0 Å². The van der Waals surface area contributed by atoms with Gasteiger partial charge < -0.3 is 19.7 Å². The largest absolute Gasteiger partial charge is 0.489 e. The zero-order valence-electron chi connectivity index (χ0n) is 20.5. The summed E-state index contributed by atoms with van der Waals surface area (Å²) in [6, 6.07) is 8.64. The van der Waals surface area contributed by atoms with Crippen LogP contribution in [0.2, 0.25) is 5.02 Å². The fourth-order valence-electron chi connectivity index (χ4n) is 5.77. The van der Waals surface area contributed by atoms with Gasteiger partial charge in [-0.25, -0.2) is 9.83 Å². The SMILES string of the molecule is [C-]#[N+]c1ccc(OC2C(C)(C)C(NC(=O)c3ccc(N4CCC(C=O)CC4)nc3)C2(C)C)cc1Cl. The van der Waals surface area contributed by atoms with Crippen LogP contribution in [0, 0.1) is 23.3 Å². The number of hydrogen-bond donors (Lipinski definition) is 1. The summed E-state index contributed by atoms with van der Waals surface area (Å²) in [5.74, 6) is 1.40. The lowest BCUT2D eigenvalue weighted by atomic mass is 9.49. The first kappa shape index (κ1) is 25.0. The molecule has 2 fully saturated rings. The standard InChI is InChI=1S/C27H31ClN4O3/c1-26(2)24(27(3,4)25(26)35-19-7-8-21(29-5)20(28)14-19)31-23(34)18-6-9-22(30-15-18)32-12-10-17(16-33)11-13-32/h6-9,14-17,24-25H,10-13H2,1-4H3,(H,31,34). The molecule has 1 aliphatic carbocycles. The van der Waals surface area contributed by atoms with Crippen molar-refractivity contribution in [2.45, 2.75) is 52.7 Å². The lowest BCUT2D eigenvalue weighted by Gasteiger charge is -2.63. The number of anilines is 1. The molecule has 1 aromatic heterocycles. The number of piperidine rings is 1. The molecule has 1 saturated carbocycles. The molecular weight excluding hydrogens is 464 g/mol. The van der Waals surface area contributed by atoms with Crippen LogP contribution in [-0.2, 0) is 4.79 Å². The smallest absolute Gasteiger partial charge is 0.253 e. The Bertz CT molecular complexity index is 1130. The molecule has 1 N–H and O–H groups in total. The molecule has 184 valence electrons. The van der Waals surface area contributed by atoms with Crippen LogP contribution >= 0.6 is 11.6 Å². The predicted octanol–water partition coefficient (Wildman–Crippen LogP) is 5.31. The Morgan fingerprint density at radius 3 is 2.43 bits per heavy atom. The van der Waals surface area contributed by atoms with Crippen LogP contribution in [-0.4, -0.2) is 42.4 Å². The Labute approximate surface area is 211 Å². The zero-order chi connectivity index (χ0) is 25.4. The van der Waals surface area contributed by atoms with E-state index in [-0.39, 0.29) is 34.8 Å². The summed E-state index contributed by atoms with van der Waals surface area (Å²) in [5.41, 5.74) is 0.233. The number of ether oxygens (including phenoxy) is 1. The minimum atomic E-state index is -0.333. The topological polar surface area (TPSA) is 75.9 Å². The molecule has 7 nitrogen and oxygen atoms in total. The lowest BCUT2D eigenvalue weighted by molar-refractivity contribution is -0.164. The number of aldehydes is 1. The van der Waals surface area contributed by atoms with Crippen molar-refractivity contribution in [1.29, 1.82) is 0 Å². The Morgan fingerprint density at radius 1 is 1.20 bits per heavy atom. The molecule has 0 bridgehead atoms. The van der Waals surface area contributed by atoms with E-state index in [1.165, 1.54) is 0 Å². The maximum atomic E-state index is 13.1. The zero-order valence-corrected chi connectivity index (χ0v) is 21.3. The molecule has 1 aromatic carbocycles. The molecule has 2 heterocycles. The van der Waals surface area contributed by atoms with E-state index in [0.717, 1.165) is 38.0 Å². The maximum Gasteiger partial charge on any atom is 0.253 e. The van der Waals surface area contributed by atoms with Gasteiger partial charge in [0.05, 0.1) is 17.2 Å². The Balaban J connectivity index is 1.41. The third kappa shape index (κ3) is 4.72. The number of benzene rings is 1. The molecule has 2 aliphatic rings. The number of carbonyl (C=O) groups is 2. The number of halogens is 1. The van der Waals surface area contributed by atoms with Crippen molar-refractivity contribution >= 4 is 35.3 Å². The van der Waals surface area contributed by atoms with Crippen LogP contribution in [0.4, 0.5) is 11.5 Å². The van der Waals surface area contributed by atoms with Crippen LogP contribution in [0.5, 0.6) is 5.75 Å². The Morgan fingerprint density at radius 2 is 1.89 bits per heavy atom. The molecule has 0 atom stereocenters. The van der Waals surface area contributed by atoms with E-state index in [4.69, 9.17) is 22.9 Å². The van der Waals surface area contributed by atoms with Gasteiger partial charge in [0.15, 0.2) is 0 Å². The van der Waals surface area contributed by atoms with Crippen molar-refractivity contribution in [3.63, 3.8) is 0 Å².